The lowest BCUT2D eigenvalue weighted by Crippen LogP contribution is -2.49. The zero-order valence-electron chi connectivity index (χ0n) is 19.3. The number of carbonyl (C=O) groups excluding carboxylic acids is 2. The van der Waals surface area contributed by atoms with Gasteiger partial charge in [0.05, 0.1) is 13.7 Å². The molecule has 2 amide bonds. The number of nitrogens with zero attached hydrogens (tertiary/aromatic N) is 1. The number of hydrogen-bond acceptors (Lipinski definition) is 4. The second-order valence-electron chi connectivity index (χ2n) is 7.73. The highest BCUT2D eigenvalue weighted by Crippen LogP contribution is 2.20. The average molecular weight is 461 g/mol. The molecule has 6 nitrogen and oxygen atoms in total. The Morgan fingerprint density at radius 2 is 1.72 bits per heavy atom. The Morgan fingerprint density at radius 3 is 2.34 bits per heavy atom. The first-order chi connectivity index (χ1) is 15.3. The molecule has 0 saturated carbocycles. The quantitative estimate of drug-likeness (QED) is 0.460. The topological polar surface area (TPSA) is 67.9 Å². The van der Waals surface area contributed by atoms with Gasteiger partial charge in [0.2, 0.25) is 11.8 Å². The molecule has 2 atom stereocenters. The van der Waals surface area contributed by atoms with Crippen LogP contribution in [0, 0.1) is 0 Å². The van der Waals surface area contributed by atoms with E-state index in [1.165, 1.54) is 0 Å². The first kappa shape index (κ1) is 25.5. The fourth-order valence-electron chi connectivity index (χ4n) is 3.09. The van der Waals surface area contributed by atoms with E-state index in [4.69, 9.17) is 21.1 Å². The van der Waals surface area contributed by atoms with E-state index in [1.54, 1.807) is 25.0 Å². The van der Waals surface area contributed by atoms with Crippen molar-refractivity contribution in [2.45, 2.75) is 58.7 Å². The van der Waals surface area contributed by atoms with E-state index in [0.717, 1.165) is 17.7 Å². The maximum Gasteiger partial charge on any atom is 0.242 e. The Hall–Kier alpha value is -2.73. The Balaban J connectivity index is 2.00. The minimum Gasteiger partial charge on any atom is -0.497 e. The summed E-state index contributed by atoms with van der Waals surface area (Å²) in [6.45, 7) is 6.37. The van der Waals surface area contributed by atoms with Crippen LogP contribution in [0.2, 0.25) is 5.02 Å². The van der Waals surface area contributed by atoms with Crippen molar-refractivity contribution in [2.24, 2.45) is 0 Å². The molecule has 0 unspecified atom stereocenters. The van der Waals surface area contributed by atoms with Crippen LogP contribution in [-0.2, 0) is 16.1 Å². The fraction of sp³-hybridized carbons (Fsp3) is 0.440. The number of benzene rings is 2. The number of halogens is 1. The van der Waals surface area contributed by atoms with Crippen LogP contribution in [0.1, 0.15) is 45.6 Å². The molecule has 32 heavy (non-hydrogen) atoms. The van der Waals surface area contributed by atoms with Crippen molar-refractivity contribution in [2.75, 3.05) is 13.7 Å². The first-order valence-electron chi connectivity index (χ1n) is 11.0. The van der Waals surface area contributed by atoms with Gasteiger partial charge in [-0.15, -0.1) is 0 Å². The van der Waals surface area contributed by atoms with Gasteiger partial charge in [0.15, 0.2) is 0 Å². The van der Waals surface area contributed by atoms with Crippen LogP contribution in [-0.4, -0.2) is 42.5 Å². The molecule has 0 aromatic heterocycles. The predicted molar refractivity (Wildman–Crippen MR) is 127 cm³/mol. The van der Waals surface area contributed by atoms with Crippen LogP contribution in [0.5, 0.6) is 11.5 Å². The Morgan fingerprint density at radius 1 is 1.06 bits per heavy atom. The van der Waals surface area contributed by atoms with Gasteiger partial charge in [0.1, 0.15) is 17.5 Å². The summed E-state index contributed by atoms with van der Waals surface area (Å²) in [7, 11) is 1.61. The SMILES string of the molecule is CC[C@@H](C)NC(=O)[C@@H](C)N(Cc1ccccc1Cl)C(=O)CCCOc1ccc(OC)cc1. The van der Waals surface area contributed by atoms with E-state index in [0.29, 0.717) is 23.8 Å². The monoisotopic (exact) mass is 460 g/mol. The van der Waals surface area contributed by atoms with E-state index in [2.05, 4.69) is 5.32 Å². The fourth-order valence-corrected chi connectivity index (χ4v) is 3.28. The van der Waals surface area contributed by atoms with Crippen LogP contribution < -0.4 is 14.8 Å². The number of amides is 2. The normalized spacial score (nSPS) is 12.5. The van der Waals surface area contributed by atoms with E-state index in [-0.39, 0.29) is 30.8 Å². The number of hydrogen-bond donors (Lipinski definition) is 1. The maximum absolute atomic E-state index is 13.1. The lowest BCUT2D eigenvalue weighted by Gasteiger charge is -2.30. The number of ether oxygens (including phenoxy) is 2. The third-order valence-electron chi connectivity index (χ3n) is 5.33. The highest BCUT2D eigenvalue weighted by molar-refractivity contribution is 6.31. The molecule has 0 aliphatic rings. The molecule has 0 aliphatic heterocycles. The van der Waals surface area contributed by atoms with Crippen molar-refractivity contribution in [1.82, 2.24) is 10.2 Å². The molecule has 0 heterocycles. The molecule has 2 aromatic carbocycles. The van der Waals surface area contributed by atoms with E-state index >= 15 is 0 Å². The van der Waals surface area contributed by atoms with Crippen LogP contribution in [0.4, 0.5) is 0 Å². The summed E-state index contributed by atoms with van der Waals surface area (Å²) in [4.78, 5) is 27.4. The molecule has 2 aromatic rings. The average Bonchev–Trinajstić information content (AvgIpc) is 2.80. The second kappa shape index (κ2) is 13.0. The van der Waals surface area contributed by atoms with Crippen molar-refractivity contribution in [1.29, 1.82) is 0 Å². The highest BCUT2D eigenvalue weighted by atomic mass is 35.5. The lowest BCUT2D eigenvalue weighted by atomic mass is 10.1. The summed E-state index contributed by atoms with van der Waals surface area (Å²) in [6, 6.07) is 14.1. The van der Waals surface area contributed by atoms with Crippen molar-refractivity contribution in [3.8, 4) is 11.5 Å². The Bertz CT molecular complexity index is 873. The third kappa shape index (κ3) is 7.75. The third-order valence-corrected chi connectivity index (χ3v) is 5.70. The molecule has 0 spiro atoms. The number of methoxy groups -OCH3 is 1. The van der Waals surface area contributed by atoms with Crippen molar-refractivity contribution >= 4 is 23.4 Å². The summed E-state index contributed by atoms with van der Waals surface area (Å²) in [5, 5.41) is 3.53. The van der Waals surface area contributed by atoms with Crippen molar-refractivity contribution < 1.29 is 19.1 Å². The van der Waals surface area contributed by atoms with Crippen molar-refractivity contribution in [3.05, 3.63) is 59.1 Å². The summed E-state index contributed by atoms with van der Waals surface area (Å²) in [6.07, 6.45) is 1.62. The van der Waals surface area contributed by atoms with E-state index < -0.39 is 6.04 Å². The molecule has 2 rings (SSSR count). The summed E-state index contributed by atoms with van der Waals surface area (Å²) < 4.78 is 10.9. The summed E-state index contributed by atoms with van der Waals surface area (Å²) >= 11 is 6.31. The van der Waals surface area contributed by atoms with Gasteiger partial charge in [-0.25, -0.2) is 0 Å². The largest absolute Gasteiger partial charge is 0.497 e. The van der Waals surface area contributed by atoms with Gasteiger partial charge in [-0.05, 0) is 62.6 Å². The predicted octanol–water partition coefficient (Wildman–Crippen LogP) is 4.84. The van der Waals surface area contributed by atoms with Crippen molar-refractivity contribution in [3.63, 3.8) is 0 Å². The Labute approximate surface area is 195 Å². The summed E-state index contributed by atoms with van der Waals surface area (Å²) in [5.74, 6) is 1.18. The molecule has 7 heteroatoms. The van der Waals surface area contributed by atoms with Gasteiger partial charge in [-0.1, -0.05) is 36.7 Å². The number of carbonyl (C=O) groups is 2. The van der Waals surface area contributed by atoms with Crippen LogP contribution in [0.15, 0.2) is 48.5 Å². The summed E-state index contributed by atoms with van der Waals surface area (Å²) in [5.41, 5.74) is 0.806. The maximum atomic E-state index is 13.1. The van der Waals surface area contributed by atoms with Gasteiger partial charge in [-0.2, -0.15) is 0 Å². The Kier molecular flexibility index (Phi) is 10.3. The minimum absolute atomic E-state index is 0.0418. The lowest BCUT2D eigenvalue weighted by molar-refractivity contribution is -0.141. The van der Waals surface area contributed by atoms with Gasteiger partial charge in [0, 0.05) is 24.0 Å². The smallest absolute Gasteiger partial charge is 0.242 e. The van der Waals surface area contributed by atoms with Crippen LogP contribution >= 0.6 is 11.6 Å². The van der Waals surface area contributed by atoms with Gasteiger partial charge in [-0.3, -0.25) is 9.59 Å². The molecule has 1 N–H and O–H groups in total. The molecular formula is C25H33ClN2O4. The second-order valence-corrected chi connectivity index (χ2v) is 8.14. The van der Waals surface area contributed by atoms with Gasteiger partial charge in [0.25, 0.3) is 0 Å². The van der Waals surface area contributed by atoms with Crippen LogP contribution in [0.25, 0.3) is 0 Å². The molecule has 0 fully saturated rings. The zero-order valence-corrected chi connectivity index (χ0v) is 20.0. The molecule has 0 bridgehead atoms. The molecular weight excluding hydrogens is 428 g/mol. The minimum atomic E-state index is -0.615. The first-order valence-corrected chi connectivity index (χ1v) is 11.3. The van der Waals surface area contributed by atoms with Crippen LogP contribution in [0.3, 0.4) is 0 Å². The molecule has 0 saturated heterocycles. The van der Waals surface area contributed by atoms with E-state index in [1.807, 2.05) is 56.3 Å². The van der Waals surface area contributed by atoms with Gasteiger partial charge < -0.3 is 19.7 Å². The number of rotatable bonds is 12. The van der Waals surface area contributed by atoms with Gasteiger partial charge >= 0.3 is 0 Å². The molecule has 0 radical (unpaired) electrons. The zero-order chi connectivity index (χ0) is 23.5. The standard InChI is InChI=1S/C25H33ClN2O4/c1-5-18(2)27-25(30)19(3)28(17-20-9-6-7-10-23(20)26)24(29)11-8-16-32-22-14-12-21(31-4)13-15-22/h6-7,9-10,12-15,18-19H,5,8,11,16-17H2,1-4H3,(H,27,30)/t18-,19-/m1/s1. The van der Waals surface area contributed by atoms with E-state index in [9.17, 15) is 9.59 Å². The molecule has 0 aliphatic carbocycles. The number of nitrogens with one attached hydrogen (secondary N) is 1. The molecule has 174 valence electrons. The highest BCUT2D eigenvalue weighted by Gasteiger charge is 2.27.